The first kappa shape index (κ1) is 37.6. The van der Waals surface area contributed by atoms with E-state index in [4.69, 9.17) is 51.3 Å². The van der Waals surface area contributed by atoms with Gasteiger partial charge in [-0.25, -0.2) is 14.6 Å². The summed E-state index contributed by atoms with van der Waals surface area (Å²) < 4.78 is 34.7. The van der Waals surface area contributed by atoms with Gasteiger partial charge in [0.2, 0.25) is 5.76 Å². The van der Waals surface area contributed by atoms with Crippen molar-refractivity contribution >= 4 is 58.5 Å². The number of thiazole rings is 1. The van der Waals surface area contributed by atoms with Crippen LogP contribution in [0.15, 0.2) is 90.8 Å². The van der Waals surface area contributed by atoms with Crippen LogP contribution in [0.25, 0.3) is 6.08 Å². The fraction of sp³-hybridized carbons (Fsp3) is 0.289. The van der Waals surface area contributed by atoms with E-state index in [0.29, 0.717) is 26.2 Å². The molecule has 12 nitrogen and oxygen atoms in total. The minimum Gasteiger partial charge on any atom is -0.493 e. The third-order valence-electron chi connectivity index (χ3n) is 9.11. The Kier molecular flexibility index (Phi) is 10.7. The van der Waals surface area contributed by atoms with Crippen molar-refractivity contribution in [2.75, 3.05) is 20.8 Å². The molecular weight excluding hydrogens is 747 g/mol. The van der Waals surface area contributed by atoms with E-state index in [9.17, 15) is 19.2 Å². The van der Waals surface area contributed by atoms with Crippen LogP contribution in [-0.2, 0) is 14.3 Å². The van der Waals surface area contributed by atoms with Gasteiger partial charge in [0.25, 0.3) is 5.56 Å². The van der Waals surface area contributed by atoms with Crippen LogP contribution < -0.4 is 33.8 Å². The summed E-state index contributed by atoms with van der Waals surface area (Å²) in [5.41, 5.74) is 0.773. The second kappa shape index (κ2) is 15.1. The number of aromatic nitrogens is 1. The van der Waals surface area contributed by atoms with Crippen LogP contribution in [-0.4, -0.2) is 43.3 Å². The van der Waals surface area contributed by atoms with Gasteiger partial charge in [-0.1, -0.05) is 60.5 Å². The molecule has 0 saturated heterocycles. The highest BCUT2D eigenvalue weighted by Crippen LogP contribution is 2.60. The fourth-order valence-electron chi connectivity index (χ4n) is 6.35. The smallest absolute Gasteiger partial charge is 0.379 e. The molecule has 0 N–H and O–H groups in total. The largest absolute Gasteiger partial charge is 0.493 e. The quantitative estimate of drug-likeness (QED) is 0.129. The molecule has 276 valence electrons. The van der Waals surface area contributed by atoms with Crippen molar-refractivity contribution in [1.82, 2.24) is 4.57 Å². The molecule has 4 aromatic rings. The first-order valence-corrected chi connectivity index (χ1v) is 17.9. The van der Waals surface area contributed by atoms with E-state index in [-0.39, 0.29) is 56.8 Å². The van der Waals surface area contributed by atoms with Crippen LogP contribution in [0.3, 0.4) is 0 Å². The number of rotatable bonds is 11. The molecule has 0 spiro atoms. The zero-order valence-corrected chi connectivity index (χ0v) is 31.8. The Bertz CT molecular complexity index is 2350. The number of esters is 3. The molecular formula is C38H34Cl2N2O10S. The Morgan fingerprint density at radius 3 is 2.34 bits per heavy atom. The minimum absolute atomic E-state index is 0.00153. The lowest BCUT2D eigenvalue weighted by Crippen LogP contribution is -2.40. The van der Waals surface area contributed by atoms with Crippen molar-refractivity contribution in [1.29, 1.82) is 0 Å². The number of fused-ring (bicyclic) bond motifs is 1. The van der Waals surface area contributed by atoms with Crippen molar-refractivity contribution in [3.63, 3.8) is 0 Å². The average molecular weight is 782 g/mol. The Morgan fingerprint density at radius 1 is 0.981 bits per heavy atom. The maximum atomic E-state index is 14.2. The summed E-state index contributed by atoms with van der Waals surface area (Å²) in [5.74, 6) is -1.66. The van der Waals surface area contributed by atoms with Gasteiger partial charge in [-0.3, -0.25) is 14.2 Å². The molecule has 0 bridgehead atoms. The van der Waals surface area contributed by atoms with Gasteiger partial charge in [0.05, 0.1) is 54.9 Å². The van der Waals surface area contributed by atoms with Gasteiger partial charge in [-0.15, -0.1) is 0 Å². The molecule has 3 atom stereocenters. The maximum absolute atomic E-state index is 14.2. The van der Waals surface area contributed by atoms with Gasteiger partial charge >= 0.3 is 17.9 Å². The second-order valence-electron chi connectivity index (χ2n) is 12.7. The Balaban J connectivity index is 1.36. The number of furan rings is 1. The van der Waals surface area contributed by atoms with Crippen LogP contribution >= 0.6 is 34.5 Å². The van der Waals surface area contributed by atoms with Crippen LogP contribution in [0.2, 0.25) is 0 Å². The van der Waals surface area contributed by atoms with Gasteiger partial charge < -0.3 is 28.1 Å². The summed E-state index contributed by atoms with van der Waals surface area (Å²) in [6.45, 7) is 7.32. The van der Waals surface area contributed by atoms with Gasteiger partial charge in [-0.05, 0) is 84.9 Å². The number of halogens is 2. The highest BCUT2D eigenvalue weighted by Gasteiger charge is 2.61. The molecule has 15 heteroatoms. The van der Waals surface area contributed by atoms with Gasteiger partial charge in [0.15, 0.2) is 27.8 Å². The van der Waals surface area contributed by atoms with E-state index in [1.807, 2.05) is 13.8 Å². The molecule has 53 heavy (non-hydrogen) atoms. The number of carbonyl (C=O) groups excluding carboxylic acids is 3. The Hall–Kier alpha value is -5.11. The molecule has 1 aliphatic heterocycles. The molecule has 6 rings (SSSR count). The van der Waals surface area contributed by atoms with Crippen molar-refractivity contribution < 1.29 is 42.5 Å². The van der Waals surface area contributed by atoms with Gasteiger partial charge in [0, 0.05) is 0 Å². The molecule has 1 fully saturated rings. The molecule has 0 unspecified atom stereocenters. The predicted molar refractivity (Wildman–Crippen MR) is 196 cm³/mol. The number of carbonyl (C=O) groups is 3. The summed E-state index contributed by atoms with van der Waals surface area (Å²) in [6, 6.07) is 11.7. The molecule has 1 saturated carbocycles. The molecule has 2 aromatic heterocycles. The second-order valence-corrected chi connectivity index (χ2v) is 14.7. The van der Waals surface area contributed by atoms with E-state index >= 15 is 0 Å². The number of nitrogens with zero attached hydrogens (tertiary/aromatic N) is 2. The molecule has 2 aromatic carbocycles. The van der Waals surface area contributed by atoms with Crippen LogP contribution in [0.5, 0.6) is 23.0 Å². The highest BCUT2D eigenvalue weighted by atomic mass is 35.5. The van der Waals surface area contributed by atoms with Gasteiger partial charge in [-0.2, -0.15) is 0 Å². The number of ether oxygens (including phenoxy) is 5. The van der Waals surface area contributed by atoms with Crippen LogP contribution in [0.4, 0.5) is 0 Å². The van der Waals surface area contributed by atoms with E-state index in [1.54, 1.807) is 62.4 Å². The topological polar surface area (TPSA) is 145 Å². The van der Waals surface area contributed by atoms with E-state index in [2.05, 4.69) is 4.99 Å². The van der Waals surface area contributed by atoms with E-state index < -0.39 is 35.4 Å². The molecule has 2 aliphatic rings. The first-order valence-electron chi connectivity index (χ1n) is 16.3. The van der Waals surface area contributed by atoms with Crippen molar-refractivity contribution in [3.8, 4) is 23.0 Å². The standard InChI is InChI=1S/C38H34Cl2N2O10S/c1-7-49-35(45)30-19(2)41-37-42(32(30)21-11-13-24(27(17-21)48-6)51-34(44)25-9-8-14-50-25)33(43)28(53-37)16-20-10-12-23(26(15-20)47-5)52-36(46)31-22(18-29(39)40)38(31,3)4/h8-18,22,31-32H,7H2,1-6H3/b28-16-/t22-,31+,32+/m1/s1. The predicted octanol–water partition coefficient (Wildman–Crippen LogP) is 6.12. The third-order valence-corrected chi connectivity index (χ3v) is 10.3. The molecule has 3 heterocycles. The first-order chi connectivity index (χ1) is 25.3. The Morgan fingerprint density at radius 2 is 1.68 bits per heavy atom. The lowest BCUT2D eigenvalue weighted by molar-refractivity contribution is -0.139. The maximum Gasteiger partial charge on any atom is 0.379 e. The summed E-state index contributed by atoms with van der Waals surface area (Å²) in [5, 5.41) is 0. The zero-order valence-electron chi connectivity index (χ0n) is 29.4. The number of methoxy groups -OCH3 is 2. The normalized spacial score (nSPS) is 18.7. The number of hydrogen-bond acceptors (Lipinski definition) is 12. The number of hydrogen-bond donors (Lipinski definition) is 0. The Labute approximate surface area is 317 Å². The fourth-order valence-corrected chi connectivity index (χ4v) is 7.66. The lowest BCUT2D eigenvalue weighted by atomic mass is 9.95. The molecule has 0 radical (unpaired) electrons. The summed E-state index contributed by atoms with van der Waals surface area (Å²) in [7, 11) is 2.85. The van der Waals surface area contributed by atoms with E-state index in [0.717, 1.165) is 11.3 Å². The van der Waals surface area contributed by atoms with E-state index in [1.165, 1.54) is 37.2 Å². The van der Waals surface area contributed by atoms with Crippen molar-refractivity contribution in [3.05, 3.63) is 113 Å². The summed E-state index contributed by atoms with van der Waals surface area (Å²) in [4.78, 5) is 58.3. The van der Waals surface area contributed by atoms with Crippen molar-refractivity contribution in [2.45, 2.75) is 33.7 Å². The third kappa shape index (κ3) is 7.41. The number of benzene rings is 2. The monoisotopic (exact) mass is 780 g/mol. The average Bonchev–Trinajstić information content (AvgIpc) is 3.47. The van der Waals surface area contributed by atoms with Gasteiger partial charge in [0.1, 0.15) is 4.49 Å². The zero-order chi connectivity index (χ0) is 38.2. The molecule has 0 amide bonds. The molecule has 1 aliphatic carbocycles. The summed E-state index contributed by atoms with van der Waals surface area (Å²) >= 11 is 12.8. The minimum atomic E-state index is -0.966. The summed E-state index contributed by atoms with van der Waals surface area (Å²) in [6.07, 6.45) is 4.65. The van der Waals surface area contributed by atoms with Crippen LogP contribution in [0.1, 0.15) is 55.4 Å². The van der Waals surface area contributed by atoms with Crippen molar-refractivity contribution in [2.24, 2.45) is 22.2 Å². The SMILES string of the molecule is CCOC(=O)C1=C(C)N=c2s/c(=C\c3ccc(OC(=O)[C@@H]4[C@@H](C=C(Cl)Cl)C4(C)C)c(OC)c3)c(=O)n2[C@H]1c1ccc(OC(=O)c2ccco2)c(OC)c1. The lowest BCUT2D eigenvalue weighted by Gasteiger charge is -2.25. The highest BCUT2D eigenvalue weighted by molar-refractivity contribution is 7.07. The van der Waals surface area contributed by atoms with Crippen LogP contribution in [0, 0.1) is 17.3 Å². The number of allylic oxidation sites excluding steroid dienone is 2.